The summed E-state index contributed by atoms with van der Waals surface area (Å²) >= 11 is 5.26. The zero-order chi connectivity index (χ0) is 17.7. The molecule has 2 aliphatic heterocycles. The lowest BCUT2D eigenvalue weighted by molar-refractivity contribution is 0.227. The molecular weight excluding hydrogens is 332 g/mol. The molecule has 0 bridgehead atoms. The summed E-state index contributed by atoms with van der Waals surface area (Å²) < 4.78 is 0. The minimum Gasteiger partial charge on any atom is -0.362 e. The second-order valence-corrected chi connectivity index (χ2v) is 7.60. The van der Waals surface area contributed by atoms with Gasteiger partial charge in [0.2, 0.25) is 0 Å². The Hall–Kier alpha value is -0.920. The Morgan fingerprint density at radius 2 is 1.24 bits per heavy atom. The second kappa shape index (κ2) is 12.4. The molecule has 0 spiro atoms. The molecule has 0 aliphatic carbocycles. The van der Waals surface area contributed by atoms with Gasteiger partial charge in [-0.2, -0.15) is 0 Å². The SMILES string of the molecule is N=C(NCCCN1CCCCC1)NC(=S)NCCCN1CCCCC1. The van der Waals surface area contributed by atoms with Crippen LogP contribution >= 0.6 is 12.2 Å². The molecular formula is C18H36N6S. The molecule has 144 valence electrons. The van der Waals surface area contributed by atoms with E-state index in [0.717, 1.165) is 39.0 Å². The fraction of sp³-hybridized carbons (Fsp3) is 0.889. The Morgan fingerprint density at radius 1 is 0.760 bits per heavy atom. The normalized spacial score (nSPS) is 19.4. The molecule has 0 atom stereocenters. The Balaban J connectivity index is 1.42. The maximum atomic E-state index is 7.91. The summed E-state index contributed by atoms with van der Waals surface area (Å²) in [6.07, 6.45) is 10.3. The first-order chi connectivity index (χ1) is 12.2. The highest BCUT2D eigenvalue weighted by molar-refractivity contribution is 7.80. The predicted octanol–water partition coefficient (Wildman–Crippen LogP) is 1.73. The average molecular weight is 369 g/mol. The number of piperidine rings is 2. The first kappa shape index (κ1) is 20.4. The van der Waals surface area contributed by atoms with Crippen molar-refractivity contribution in [2.45, 2.75) is 51.4 Å². The number of nitrogens with zero attached hydrogens (tertiary/aromatic N) is 2. The lowest BCUT2D eigenvalue weighted by Gasteiger charge is -2.26. The fourth-order valence-electron chi connectivity index (χ4n) is 3.59. The van der Waals surface area contributed by atoms with Crippen molar-refractivity contribution < 1.29 is 0 Å². The number of nitrogens with one attached hydrogen (secondary N) is 4. The Kier molecular flexibility index (Phi) is 10.1. The fourth-order valence-corrected chi connectivity index (χ4v) is 3.79. The van der Waals surface area contributed by atoms with Gasteiger partial charge in [-0.3, -0.25) is 5.41 Å². The van der Waals surface area contributed by atoms with Gasteiger partial charge in [0.05, 0.1) is 0 Å². The van der Waals surface area contributed by atoms with Gasteiger partial charge in [0.15, 0.2) is 11.1 Å². The van der Waals surface area contributed by atoms with Crippen molar-refractivity contribution in [1.29, 1.82) is 5.41 Å². The van der Waals surface area contributed by atoms with Gasteiger partial charge in [-0.1, -0.05) is 12.8 Å². The van der Waals surface area contributed by atoms with Crippen LogP contribution in [0, 0.1) is 5.41 Å². The van der Waals surface area contributed by atoms with Gasteiger partial charge in [-0.25, -0.2) is 0 Å². The standard InChI is InChI=1S/C18H36N6S/c19-17(20-9-7-15-23-11-3-1-4-12-23)22-18(25)21-10-8-16-24-13-5-2-6-14-24/h1-16H2,(H4,19,20,21,22,25). The third-order valence-corrected chi connectivity index (χ3v) is 5.27. The van der Waals surface area contributed by atoms with Crippen LogP contribution in [0.25, 0.3) is 0 Å². The number of guanidine groups is 1. The van der Waals surface area contributed by atoms with Crippen molar-refractivity contribution in [3.63, 3.8) is 0 Å². The molecule has 0 unspecified atom stereocenters. The summed E-state index contributed by atoms with van der Waals surface area (Å²) in [5, 5.41) is 17.7. The van der Waals surface area contributed by atoms with E-state index in [4.69, 9.17) is 17.6 Å². The van der Waals surface area contributed by atoms with E-state index in [0.29, 0.717) is 11.1 Å². The van der Waals surface area contributed by atoms with Gasteiger partial charge in [0.1, 0.15) is 0 Å². The van der Waals surface area contributed by atoms with Crippen molar-refractivity contribution in [1.82, 2.24) is 25.8 Å². The van der Waals surface area contributed by atoms with Crippen molar-refractivity contribution in [3.8, 4) is 0 Å². The summed E-state index contributed by atoms with van der Waals surface area (Å²) in [5.74, 6) is 0.298. The monoisotopic (exact) mass is 368 g/mol. The number of hydrogen-bond acceptors (Lipinski definition) is 4. The van der Waals surface area contributed by atoms with Crippen LogP contribution in [0.5, 0.6) is 0 Å². The van der Waals surface area contributed by atoms with Gasteiger partial charge in [-0.15, -0.1) is 0 Å². The molecule has 0 amide bonds. The number of hydrogen-bond donors (Lipinski definition) is 4. The van der Waals surface area contributed by atoms with Crippen molar-refractivity contribution in [2.24, 2.45) is 0 Å². The maximum absolute atomic E-state index is 7.91. The number of likely N-dealkylation sites (tertiary alicyclic amines) is 2. The summed E-state index contributed by atoms with van der Waals surface area (Å²) in [7, 11) is 0. The van der Waals surface area contributed by atoms with Gasteiger partial charge >= 0.3 is 0 Å². The van der Waals surface area contributed by atoms with Crippen LogP contribution in [0.3, 0.4) is 0 Å². The Bertz CT molecular complexity index is 355. The summed E-state index contributed by atoms with van der Waals surface area (Å²) in [6, 6.07) is 0. The predicted molar refractivity (Wildman–Crippen MR) is 109 cm³/mol. The van der Waals surface area contributed by atoms with Crippen molar-refractivity contribution in [3.05, 3.63) is 0 Å². The highest BCUT2D eigenvalue weighted by Crippen LogP contribution is 2.09. The van der Waals surface area contributed by atoms with E-state index in [1.165, 1.54) is 64.7 Å². The number of rotatable bonds is 8. The zero-order valence-electron chi connectivity index (χ0n) is 15.6. The summed E-state index contributed by atoms with van der Waals surface area (Å²) in [4.78, 5) is 5.06. The minimum absolute atomic E-state index is 0.298. The average Bonchev–Trinajstić information content (AvgIpc) is 2.64. The van der Waals surface area contributed by atoms with Crippen LogP contribution in [-0.4, -0.2) is 73.2 Å². The Morgan fingerprint density at radius 3 is 1.76 bits per heavy atom. The van der Waals surface area contributed by atoms with E-state index in [-0.39, 0.29) is 0 Å². The van der Waals surface area contributed by atoms with Crippen molar-refractivity contribution in [2.75, 3.05) is 52.4 Å². The highest BCUT2D eigenvalue weighted by Gasteiger charge is 2.10. The molecule has 0 saturated carbocycles. The highest BCUT2D eigenvalue weighted by atomic mass is 32.1. The van der Waals surface area contributed by atoms with Crippen LogP contribution in [0.2, 0.25) is 0 Å². The first-order valence-electron chi connectivity index (χ1n) is 10.1. The maximum Gasteiger partial charge on any atom is 0.194 e. The van der Waals surface area contributed by atoms with E-state index < -0.39 is 0 Å². The Labute approximate surface area is 158 Å². The minimum atomic E-state index is 0.298. The van der Waals surface area contributed by atoms with E-state index in [2.05, 4.69) is 25.8 Å². The summed E-state index contributed by atoms with van der Waals surface area (Å²) in [6.45, 7) is 8.91. The van der Waals surface area contributed by atoms with Crippen LogP contribution in [0.1, 0.15) is 51.4 Å². The molecule has 25 heavy (non-hydrogen) atoms. The molecule has 0 radical (unpaired) electrons. The van der Waals surface area contributed by atoms with Crippen LogP contribution in [0.4, 0.5) is 0 Å². The molecule has 7 heteroatoms. The van der Waals surface area contributed by atoms with Crippen LogP contribution in [-0.2, 0) is 0 Å². The third-order valence-electron chi connectivity index (χ3n) is 5.03. The second-order valence-electron chi connectivity index (χ2n) is 7.19. The topological polar surface area (TPSA) is 66.4 Å². The molecule has 0 aromatic rings. The van der Waals surface area contributed by atoms with Crippen LogP contribution in [0.15, 0.2) is 0 Å². The summed E-state index contributed by atoms with van der Waals surface area (Å²) in [5.41, 5.74) is 0. The van der Waals surface area contributed by atoms with E-state index in [1.54, 1.807) is 0 Å². The lowest BCUT2D eigenvalue weighted by atomic mass is 10.1. The molecule has 6 nitrogen and oxygen atoms in total. The molecule has 2 heterocycles. The van der Waals surface area contributed by atoms with Gasteiger partial charge in [0.25, 0.3) is 0 Å². The largest absolute Gasteiger partial charge is 0.362 e. The quantitative estimate of drug-likeness (QED) is 0.226. The smallest absolute Gasteiger partial charge is 0.194 e. The molecule has 2 rings (SSSR count). The third kappa shape index (κ3) is 9.37. The zero-order valence-corrected chi connectivity index (χ0v) is 16.4. The van der Waals surface area contributed by atoms with Gasteiger partial charge in [0, 0.05) is 13.1 Å². The van der Waals surface area contributed by atoms with E-state index in [1.807, 2.05) is 0 Å². The van der Waals surface area contributed by atoms with Crippen molar-refractivity contribution >= 4 is 23.3 Å². The molecule has 2 saturated heterocycles. The number of thiocarbonyl (C=S) groups is 1. The van der Waals surface area contributed by atoms with E-state index >= 15 is 0 Å². The molecule has 0 aromatic carbocycles. The molecule has 2 aliphatic rings. The molecule has 4 N–H and O–H groups in total. The van der Waals surface area contributed by atoms with Crippen LogP contribution < -0.4 is 16.0 Å². The van der Waals surface area contributed by atoms with Gasteiger partial charge < -0.3 is 25.8 Å². The lowest BCUT2D eigenvalue weighted by Crippen LogP contribution is -2.46. The molecule has 2 fully saturated rings. The molecule has 0 aromatic heterocycles. The van der Waals surface area contributed by atoms with Gasteiger partial charge in [-0.05, 0) is 90.0 Å². The van der Waals surface area contributed by atoms with E-state index in [9.17, 15) is 0 Å². The first-order valence-corrected chi connectivity index (χ1v) is 10.5.